The minimum atomic E-state index is 1.08. The van der Waals surface area contributed by atoms with Crippen molar-refractivity contribution in [2.24, 2.45) is 0 Å². The predicted molar refractivity (Wildman–Crippen MR) is 129 cm³/mol. The van der Waals surface area contributed by atoms with Crippen LogP contribution in [0.4, 0.5) is 0 Å². The van der Waals surface area contributed by atoms with Crippen molar-refractivity contribution in [3.05, 3.63) is 103 Å². The second-order valence-corrected chi connectivity index (χ2v) is 7.95. The van der Waals surface area contributed by atoms with Gasteiger partial charge in [-0.25, -0.2) is 0 Å². The third-order valence-electron chi connectivity index (χ3n) is 6.46. The molecule has 0 atom stereocenters. The molecule has 0 saturated heterocycles. The average molecular weight is 379 g/mol. The minimum absolute atomic E-state index is 1.08. The molecule has 0 aliphatic rings. The highest BCUT2D eigenvalue weighted by Gasteiger charge is 2.16. The lowest BCUT2D eigenvalue weighted by atomic mass is 9.88. The SMILES string of the molecule is c1ccc2c(c1)c1ccccc1c1c2ccc2c3ccccc3c3cccnc3c21. The van der Waals surface area contributed by atoms with Crippen molar-refractivity contribution in [3.8, 4) is 0 Å². The van der Waals surface area contributed by atoms with Crippen LogP contribution < -0.4 is 0 Å². The van der Waals surface area contributed by atoms with E-state index in [1.807, 2.05) is 12.3 Å². The van der Waals surface area contributed by atoms with Gasteiger partial charge in [0, 0.05) is 22.4 Å². The van der Waals surface area contributed by atoms with Crippen molar-refractivity contribution in [1.29, 1.82) is 0 Å². The first-order valence-corrected chi connectivity index (χ1v) is 10.3. The van der Waals surface area contributed by atoms with Crippen molar-refractivity contribution >= 4 is 64.8 Å². The summed E-state index contributed by atoms with van der Waals surface area (Å²) >= 11 is 0. The number of hydrogen-bond donors (Lipinski definition) is 0. The van der Waals surface area contributed by atoms with Crippen molar-refractivity contribution < 1.29 is 0 Å². The van der Waals surface area contributed by atoms with Crippen LogP contribution >= 0.6 is 0 Å². The van der Waals surface area contributed by atoms with E-state index in [0.29, 0.717) is 0 Å². The number of hydrogen-bond acceptors (Lipinski definition) is 1. The Hall–Kier alpha value is -3.97. The molecule has 0 spiro atoms. The van der Waals surface area contributed by atoms with Crippen LogP contribution in [0.15, 0.2) is 103 Å². The summed E-state index contributed by atoms with van der Waals surface area (Å²) in [6.45, 7) is 0. The molecule has 0 aliphatic heterocycles. The number of benzene rings is 6. The van der Waals surface area contributed by atoms with Gasteiger partial charge < -0.3 is 0 Å². The summed E-state index contributed by atoms with van der Waals surface area (Å²) in [7, 11) is 0. The van der Waals surface area contributed by atoms with E-state index in [-0.39, 0.29) is 0 Å². The molecule has 0 fully saturated rings. The molecule has 6 aromatic carbocycles. The summed E-state index contributed by atoms with van der Waals surface area (Å²) in [6, 6.07) is 35.0. The van der Waals surface area contributed by atoms with Gasteiger partial charge in [0.05, 0.1) is 5.52 Å². The largest absolute Gasteiger partial charge is 0.256 e. The van der Waals surface area contributed by atoms with E-state index in [9.17, 15) is 0 Å². The molecule has 1 heteroatoms. The lowest BCUT2D eigenvalue weighted by Crippen LogP contribution is -1.89. The normalized spacial score (nSPS) is 12.0. The topological polar surface area (TPSA) is 12.9 Å². The van der Waals surface area contributed by atoms with Gasteiger partial charge in [0.15, 0.2) is 0 Å². The smallest absolute Gasteiger partial charge is 0.0793 e. The fourth-order valence-corrected chi connectivity index (χ4v) is 5.24. The molecular formula is C29H17N. The van der Waals surface area contributed by atoms with E-state index in [2.05, 4.69) is 91.0 Å². The monoisotopic (exact) mass is 379 g/mol. The fourth-order valence-electron chi connectivity index (χ4n) is 5.24. The summed E-state index contributed by atoms with van der Waals surface area (Å²) < 4.78 is 0. The second kappa shape index (κ2) is 5.77. The molecule has 0 bridgehead atoms. The highest BCUT2D eigenvalue weighted by Crippen LogP contribution is 2.43. The molecule has 7 rings (SSSR count). The van der Waals surface area contributed by atoms with Crippen LogP contribution in [-0.2, 0) is 0 Å². The molecule has 0 radical (unpaired) electrons. The van der Waals surface area contributed by atoms with Gasteiger partial charge in [0.25, 0.3) is 0 Å². The second-order valence-electron chi connectivity index (χ2n) is 7.95. The molecular weight excluding hydrogens is 362 g/mol. The van der Waals surface area contributed by atoms with Crippen molar-refractivity contribution in [3.63, 3.8) is 0 Å². The van der Waals surface area contributed by atoms with Crippen molar-refractivity contribution in [2.45, 2.75) is 0 Å². The Labute approximate surface area is 173 Å². The van der Waals surface area contributed by atoms with Gasteiger partial charge in [0.1, 0.15) is 0 Å². The number of fused-ring (bicyclic) bond motifs is 13. The van der Waals surface area contributed by atoms with E-state index in [1.54, 1.807) is 0 Å². The summed E-state index contributed by atoms with van der Waals surface area (Å²) in [6.07, 6.45) is 1.92. The maximum atomic E-state index is 4.90. The van der Waals surface area contributed by atoms with E-state index >= 15 is 0 Å². The maximum Gasteiger partial charge on any atom is 0.0793 e. The number of aromatic nitrogens is 1. The first kappa shape index (κ1) is 15.9. The molecule has 1 nitrogen and oxygen atoms in total. The van der Waals surface area contributed by atoms with E-state index in [1.165, 1.54) is 59.2 Å². The highest BCUT2D eigenvalue weighted by molar-refractivity contribution is 6.38. The highest BCUT2D eigenvalue weighted by atomic mass is 14.6. The van der Waals surface area contributed by atoms with Crippen LogP contribution in [0.3, 0.4) is 0 Å². The van der Waals surface area contributed by atoms with Crippen molar-refractivity contribution in [2.75, 3.05) is 0 Å². The van der Waals surface area contributed by atoms with E-state index in [4.69, 9.17) is 4.98 Å². The molecule has 0 N–H and O–H groups in total. The van der Waals surface area contributed by atoms with Crippen LogP contribution in [0.2, 0.25) is 0 Å². The van der Waals surface area contributed by atoms with Crippen LogP contribution in [0.5, 0.6) is 0 Å². The van der Waals surface area contributed by atoms with E-state index in [0.717, 1.165) is 5.52 Å². The Kier molecular flexibility index (Phi) is 3.06. The molecule has 0 amide bonds. The zero-order chi connectivity index (χ0) is 19.7. The lowest BCUT2D eigenvalue weighted by Gasteiger charge is -2.15. The Balaban J connectivity index is 1.93. The number of pyridine rings is 1. The summed E-state index contributed by atoms with van der Waals surface area (Å²) in [5.41, 5.74) is 1.08. The maximum absolute atomic E-state index is 4.90. The first-order valence-electron chi connectivity index (χ1n) is 10.3. The molecule has 7 aromatic rings. The third-order valence-corrected chi connectivity index (χ3v) is 6.46. The standard InChI is InChI=1S/C29H17N/c1-2-10-20-18(8-1)19-9-5-6-13-23(19)27-24(20)15-16-25-21-11-3-4-12-22(21)26-14-7-17-30-29(26)28(25)27/h1-17H. The zero-order valence-electron chi connectivity index (χ0n) is 16.3. The van der Waals surface area contributed by atoms with Gasteiger partial charge in [-0.15, -0.1) is 0 Å². The molecule has 0 saturated carbocycles. The minimum Gasteiger partial charge on any atom is -0.256 e. The molecule has 30 heavy (non-hydrogen) atoms. The van der Waals surface area contributed by atoms with Gasteiger partial charge >= 0.3 is 0 Å². The predicted octanol–water partition coefficient (Wildman–Crippen LogP) is 8.00. The van der Waals surface area contributed by atoms with Gasteiger partial charge in [-0.05, 0) is 49.2 Å². The molecule has 0 unspecified atom stereocenters. The Morgan fingerprint density at radius 3 is 1.33 bits per heavy atom. The van der Waals surface area contributed by atoms with Crippen LogP contribution in [-0.4, -0.2) is 4.98 Å². The third kappa shape index (κ3) is 1.94. The quantitative estimate of drug-likeness (QED) is 0.243. The van der Waals surface area contributed by atoms with Crippen LogP contribution in [0, 0.1) is 0 Å². The van der Waals surface area contributed by atoms with Crippen LogP contribution in [0.25, 0.3) is 64.8 Å². The Bertz CT molecular complexity index is 1590. The van der Waals surface area contributed by atoms with Gasteiger partial charge in [-0.2, -0.15) is 0 Å². The lowest BCUT2D eigenvalue weighted by molar-refractivity contribution is 1.43. The molecule has 0 aliphatic carbocycles. The summed E-state index contributed by atoms with van der Waals surface area (Å²) in [5, 5.41) is 14.1. The van der Waals surface area contributed by atoms with Gasteiger partial charge in [-0.3, -0.25) is 4.98 Å². The van der Waals surface area contributed by atoms with Crippen molar-refractivity contribution in [1.82, 2.24) is 4.98 Å². The Morgan fingerprint density at radius 2 is 0.733 bits per heavy atom. The van der Waals surface area contributed by atoms with Crippen LogP contribution in [0.1, 0.15) is 0 Å². The molecule has 1 aromatic heterocycles. The Morgan fingerprint density at radius 1 is 0.333 bits per heavy atom. The zero-order valence-corrected chi connectivity index (χ0v) is 16.3. The molecule has 1 heterocycles. The van der Waals surface area contributed by atoms with E-state index < -0.39 is 0 Å². The summed E-state index contributed by atoms with van der Waals surface area (Å²) in [5.74, 6) is 0. The number of rotatable bonds is 0. The first-order chi connectivity index (χ1) is 14.9. The molecule has 138 valence electrons. The summed E-state index contributed by atoms with van der Waals surface area (Å²) in [4.78, 5) is 4.90. The number of nitrogens with zero attached hydrogens (tertiary/aromatic N) is 1. The van der Waals surface area contributed by atoms with Gasteiger partial charge in [0.2, 0.25) is 0 Å². The fraction of sp³-hybridized carbons (Fsp3) is 0. The average Bonchev–Trinajstić information content (AvgIpc) is 2.84. The van der Waals surface area contributed by atoms with Gasteiger partial charge in [-0.1, -0.05) is 91.0 Å².